The van der Waals surface area contributed by atoms with Crippen LogP contribution in [0.4, 0.5) is 4.79 Å². The fourth-order valence-corrected chi connectivity index (χ4v) is 3.11. The fourth-order valence-electron chi connectivity index (χ4n) is 3.11. The number of nitrogens with one attached hydrogen (secondary N) is 1. The molecule has 2 aliphatic rings. The van der Waals surface area contributed by atoms with Gasteiger partial charge in [-0.2, -0.15) is 0 Å². The smallest absolute Gasteiger partial charge is 0.408 e. The first-order chi connectivity index (χ1) is 10.7. The van der Waals surface area contributed by atoms with Crippen LogP contribution in [0, 0.1) is 0 Å². The van der Waals surface area contributed by atoms with Crippen LogP contribution in [0.25, 0.3) is 0 Å². The van der Waals surface area contributed by atoms with Gasteiger partial charge in [0.25, 0.3) is 0 Å². The minimum absolute atomic E-state index is 0.162. The van der Waals surface area contributed by atoms with Gasteiger partial charge < -0.3 is 19.9 Å². The van der Waals surface area contributed by atoms with E-state index in [4.69, 9.17) is 9.47 Å². The maximum absolute atomic E-state index is 12.0. The van der Waals surface area contributed by atoms with E-state index < -0.39 is 23.2 Å². The predicted molar refractivity (Wildman–Crippen MR) is 84.4 cm³/mol. The van der Waals surface area contributed by atoms with Crippen LogP contribution in [0.2, 0.25) is 0 Å². The van der Waals surface area contributed by atoms with E-state index in [0.29, 0.717) is 19.5 Å². The Bertz CT molecular complexity index is 442. The first kappa shape index (κ1) is 18.0. The molecule has 23 heavy (non-hydrogen) atoms. The number of rotatable bonds is 4. The standard InChI is InChI=1S/C16H28N2O5/c1-15(2,3)23-14(21)17-16(13(19)20)7-8-18(11-16)10-12-6-4-5-9-22-12/h12H,4-11H2,1-3H3,(H,17,21)(H,19,20). The maximum Gasteiger partial charge on any atom is 0.408 e. The van der Waals surface area contributed by atoms with Crippen molar-refractivity contribution >= 4 is 12.1 Å². The predicted octanol–water partition coefficient (Wildman–Crippen LogP) is 1.61. The highest BCUT2D eigenvalue weighted by Gasteiger charge is 2.47. The average Bonchev–Trinajstić information content (AvgIpc) is 2.82. The van der Waals surface area contributed by atoms with Gasteiger partial charge in [-0.3, -0.25) is 4.90 Å². The SMILES string of the molecule is CC(C)(C)OC(=O)NC1(C(=O)O)CCN(CC2CCCCO2)C1. The van der Waals surface area contributed by atoms with Crippen molar-refractivity contribution in [2.24, 2.45) is 0 Å². The highest BCUT2D eigenvalue weighted by atomic mass is 16.6. The van der Waals surface area contributed by atoms with Crippen LogP contribution in [0.5, 0.6) is 0 Å². The van der Waals surface area contributed by atoms with Gasteiger partial charge in [-0.1, -0.05) is 0 Å². The molecule has 0 spiro atoms. The third-order valence-corrected chi connectivity index (χ3v) is 4.23. The number of carbonyl (C=O) groups is 2. The van der Waals surface area contributed by atoms with Crippen LogP contribution >= 0.6 is 0 Å². The van der Waals surface area contributed by atoms with Crippen molar-refractivity contribution in [2.45, 2.75) is 63.7 Å². The second-order valence-electron chi connectivity index (χ2n) is 7.49. The number of ether oxygens (including phenoxy) is 2. The Kier molecular flexibility index (Phi) is 5.52. The highest BCUT2D eigenvalue weighted by Crippen LogP contribution is 2.24. The van der Waals surface area contributed by atoms with Crippen LogP contribution < -0.4 is 5.32 Å². The highest BCUT2D eigenvalue weighted by molar-refractivity contribution is 5.85. The molecule has 0 aromatic carbocycles. The number of hydrogen-bond acceptors (Lipinski definition) is 5. The van der Waals surface area contributed by atoms with Gasteiger partial charge in [-0.05, 0) is 46.5 Å². The van der Waals surface area contributed by atoms with Crippen molar-refractivity contribution < 1.29 is 24.2 Å². The summed E-state index contributed by atoms with van der Waals surface area (Å²) in [6.45, 7) is 7.65. The number of likely N-dealkylation sites (tertiary alicyclic amines) is 1. The second-order valence-corrected chi connectivity index (χ2v) is 7.49. The van der Waals surface area contributed by atoms with Gasteiger partial charge in [0.1, 0.15) is 5.60 Å². The van der Waals surface area contributed by atoms with Crippen LogP contribution in [0.3, 0.4) is 0 Å². The molecular formula is C16H28N2O5. The molecule has 2 heterocycles. The molecule has 7 nitrogen and oxygen atoms in total. The molecule has 2 rings (SSSR count). The molecule has 2 atom stereocenters. The number of amides is 1. The van der Waals surface area contributed by atoms with Crippen molar-refractivity contribution in [2.75, 3.05) is 26.2 Å². The third-order valence-electron chi connectivity index (χ3n) is 4.23. The van der Waals surface area contributed by atoms with Gasteiger partial charge in [0, 0.05) is 26.2 Å². The number of carboxylic acid groups (broad SMARTS) is 1. The normalized spacial score (nSPS) is 29.3. The number of carbonyl (C=O) groups excluding carboxylic acids is 1. The van der Waals surface area contributed by atoms with Gasteiger partial charge >= 0.3 is 12.1 Å². The molecule has 0 saturated carbocycles. The van der Waals surface area contributed by atoms with E-state index in [9.17, 15) is 14.7 Å². The summed E-state index contributed by atoms with van der Waals surface area (Å²) in [4.78, 5) is 25.8. The van der Waals surface area contributed by atoms with Crippen molar-refractivity contribution in [1.82, 2.24) is 10.2 Å². The number of nitrogens with zero attached hydrogens (tertiary/aromatic N) is 1. The number of alkyl carbamates (subject to hydrolysis) is 1. The number of hydrogen-bond donors (Lipinski definition) is 2. The summed E-state index contributed by atoms with van der Waals surface area (Å²) in [5.41, 5.74) is -1.94. The average molecular weight is 328 g/mol. The molecule has 0 radical (unpaired) electrons. The van der Waals surface area contributed by atoms with Crippen LogP contribution in [0.1, 0.15) is 46.5 Å². The summed E-state index contributed by atoms with van der Waals surface area (Å²) in [6.07, 6.45) is 3.10. The van der Waals surface area contributed by atoms with E-state index in [1.807, 2.05) is 0 Å². The molecule has 2 unspecified atom stereocenters. The molecule has 1 amide bonds. The quantitative estimate of drug-likeness (QED) is 0.815. The van der Waals surface area contributed by atoms with Crippen molar-refractivity contribution in [3.8, 4) is 0 Å². The molecule has 0 aromatic heterocycles. The van der Waals surface area contributed by atoms with Crippen molar-refractivity contribution in [1.29, 1.82) is 0 Å². The van der Waals surface area contributed by atoms with Gasteiger partial charge in [-0.25, -0.2) is 9.59 Å². The summed E-state index contributed by atoms with van der Waals surface area (Å²) >= 11 is 0. The van der Waals surface area contributed by atoms with E-state index in [-0.39, 0.29) is 12.6 Å². The van der Waals surface area contributed by atoms with E-state index >= 15 is 0 Å². The molecule has 0 aliphatic carbocycles. The maximum atomic E-state index is 12.0. The minimum atomic E-state index is -1.28. The zero-order valence-corrected chi connectivity index (χ0v) is 14.3. The van der Waals surface area contributed by atoms with E-state index in [1.165, 1.54) is 0 Å². The van der Waals surface area contributed by atoms with Gasteiger partial charge in [0.05, 0.1) is 6.10 Å². The monoisotopic (exact) mass is 328 g/mol. The van der Waals surface area contributed by atoms with E-state index in [1.54, 1.807) is 20.8 Å². The Morgan fingerprint density at radius 3 is 2.70 bits per heavy atom. The van der Waals surface area contributed by atoms with Gasteiger partial charge in [0.2, 0.25) is 0 Å². The Hall–Kier alpha value is -1.34. The van der Waals surface area contributed by atoms with E-state index in [0.717, 1.165) is 25.9 Å². The van der Waals surface area contributed by atoms with Crippen molar-refractivity contribution in [3.63, 3.8) is 0 Å². The lowest BCUT2D eigenvalue weighted by Gasteiger charge is -2.30. The molecule has 0 bridgehead atoms. The molecule has 2 saturated heterocycles. The number of carboxylic acids is 1. The van der Waals surface area contributed by atoms with Crippen LogP contribution in [-0.4, -0.2) is 65.6 Å². The van der Waals surface area contributed by atoms with Crippen LogP contribution in [0.15, 0.2) is 0 Å². The minimum Gasteiger partial charge on any atom is -0.479 e. The zero-order chi connectivity index (χ0) is 17.1. The molecule has 132 valence electrons. The molecule has 2 fully saturated rings. The first-order valence-corrected chi connectivity index (χ1v) is 8.29. The molecular weight excluding hydrogens is 300 g/mol. The summed E-state index contributed by atoms with van der Waals surface area (Å²) in [5, 5.41) is 12.2. The van der Waals surface area contributed by atoms with Gasteiger partial charge in [0.15, 0.2) is 5.54 Å². The Morgan fingerprint density at radius 1 is 1.39 bits per heavy atom. The van der Waals surface area contributed by atoms with Crippen molar-refractivity contribution in [3.05, 3.63) is 0 Å². The summed E-state index contributed by atoms with van der Waals surface area (Å²) in [7, 11) is 0. The first-order valence-electron chi connectivity index (χ1n) is 8.29. The Labute approximate surface area is 137 Å². The summed E-state index contributed by atoms with van der Waals surface area (Å²) < 4.78 is 10.9. The summed E-state index contributed by atoms with van der Waals surface area (Å²) in [5.74, 6) is -1.02. The molecule has 0 aromatic rings. The summed E-state index contributed by atoms with van der Waals surface area (Å²) in [6, 6.07) is 0. The second kappa shape index (κ2) is 7.05. The molecule has 2 N–H and O–H groups in total. The lowest BCUT2D eigenvalue weighted by molar-refractivity contribution is -0.144. The molecule has 2 aliphatic heterocycles. The zero-order valence-electron chi connectivity index (χ0n) is 14.3. The Balaban J connectivity index is 1.93. The lowest BCUT2D eigenvalue weighted by atomic mass is 9.99. The van der Waals surface area contributed by atoms with Crippen LogP contribution in [-0.2, 0) is 14.3 Å². The molecule has 7 heteroatoms. The third kappa shape index (κ3) is 5.07. The lowest BCUT2D eigenvalue weighted by Crippen LogP contribution is -2.57. The van der Waals surface area contributed by atoms with Gasteiger partial charge in [-0.15, -0.1) is 0 Å². The topological polar surface area (TPSA) is 88.1 Å². The fraction of sp³-hybridized carbons (Fsp3) is 0.875. The largest absolute Gasteiger partial charge is 0.479 e. The van der Waals surface area contributed by atoms with E-state index in [2.05, 4.69) is 10.2 Å². The Morgan fingerprint density at radius 2 is 2.13 bits per heavy atom. The number of aliphatic carboxylic acids is 1.